The van der Waals surface area contributed by atoms with Crippen LogP contribution in [0.3, 0.4) is 0 Å². The molecule has 5 nitrogen and oxygen atoms in total. The number of aromatic carboxylic acids is 1. The zero-order valence-corrected chi connectivity index (χ0v) is 11.8. The summed E-state index contributed by atoms with van der Waals surface area (Å²) < 4.78 is 7.10. The van der Waals surface area contributed by atoms with E-state index in [1.165, 1.54) is 4.68 Å². The second kappa shape index (κ2) is 5.80. The maximum absolute atomic E-state index is 11.3. The molecule has 0 aliphatic heterocycles. The van der Waals surface area contributed by atoms with Gasteiger partial charge in [0.05, 0.1) is 11.9 Å². The van der Waals surface area contributed by atoms with Crippen molar-refractivity contribution in [3.63, 3.8) is 0 Å². The Morgan fingerprint density at radius 3 is 2.71 bits per heavy atom. The van der Waals surface area contributed by atoms with E-state index < -0.39 is 5.97 Å². The standard InChI is InChI=1S/C15H12N2O3S/c18-15(19)14-13(20-10-12-7-4-8-21-12)9-17(16-14)11-5-2-1-3-6-11/h1-9H,10H2,(H,18,19). The molecule has 6 heteroatoms. The molecule has 1 N–H and O–H groups in total. The number of hydrogen-bond acceptors (Lipinski definition) is 4. The fourth-order valence-electron chi connectivity index (χ4n) is 1.87. The van der Waals surface area contributed by atoms with Crippen LogP contribution in [-0.4, -0.2) is 20.9 Å². The van der Waals surface area contributed by atoms with E-state index in [-0.39, 0.29) is 11.4 Å². The van der Waals surface area contributed by atoms with Gasteiger partial charge in [0.2, 0.25) is 5.69 Å². The molecule has 2 aromatic heterocycles. The van der Waals surface area contributed by atoms with Crippen LogP contribution in [0, 0.1) is 0 Å². The predicted octanol–water partition coefficient (Wildman–Crippen LogP) is 3.21. The summed E-state index contributed by atoms with van der Waals surface area (Å²) in [6.45, 7) is 0.332. The molecule has 0 aliphatic carbocycles. The third-order valence-corrected chi connectivity index (χ3v) is 3.70. The van der Waals surface area contributed by atoms with Crippen molar-refractivity contribution in [3.05, 3.63) is 64.6 Å². The highest BCUT2D eigenvalue weighted by atomic mass is 32.1. The van der Waals surface area contributed by atoms with Crippen LogP contribution in [0.15, 0.2) is 54.0 Å². The molecule has 21 heavy (non-hydrogen) atoms. The van der Waals surface area contributed by atoms with E-state index in [1.54, 1.807) is 17.5 Å². The number of benzene rings is 1. The Hall–Kier alpha value is -2.60. The van der Waals surface area contributed by atoms with E-state index >= 15 is 0 Å². The highest BCUT2D eigenvalue weighted by molar-refractivity contribution is 7.09. The smallest absolute Gasteiger partial charge is 0.360 e. The number of rotatable bonds is 5. The summed E-state index contributed by atoms with van der Waals surface area (Å²) in [4.78, 5) is 12.3. The van der Waals surface area contributed by atoms with Gasteiger partial charge in [-0.15, -0.1) is 11.3 Å². The van der Waals surface area contributed by atoms with Crippen molar-refractivity contribution in [2.24, 2.45) is 0 Å². The minimum absolute atomic E-state index is 0.0876. The van der Waals surface area contributed by atoms with Gasteiger partial charge in [-0.3, -0.25) is 0 Å². The Balaban J connectivity index is 1.88. The van der Waals surface area contributed by atoms with Crippen LogP contribution in [0.25, 0.3) is 5.69 Å². The predicted molar refractivity (Wildman–Crippen MR) is 79.2 cm³/mol. The van der Waals surface area contributed by atoms with E-state index in [0.29, 0.717) is 6.61 Å². The molecule has 0 unspecified atom stereocenters. The first-order valence-electron chi connectivity index (χ1n) is 6.27. The number of nitrogens with zero attached hydrogens (tertiary/aromatic N) is 2. The number of carbonyl (C=O) groups is 1. The van der Waals surface area contributed by atoms with Gasteiger partial charge in [-0.05, 0) is 23.6 Å². The molecule has 0 radical (unpaired) electrons. The summed E-state index contributed by atoms with van der Waals surface area (Å²) in [7, 11) is 0. The molecule has 0 saturated carbocycles. The number of carboxylic acids is 1. The van der Waals surface area contributed by atoms with Crippen molar-refractivity contribution >= 4 is 17.3 Å². The lowest BCUT2D eigenvalue weighted by atomic mass is 10.3. The van der Waals surface area contributed by atoms with Gasteiger partial charge in [-0.25, -0.2) is 9.48 Å². The quantitative estimate of drug-likeness (QED) is 0.786. The zero-order chi connectivity index (χ0) is 14.7. The molecule has 0 amide bonds. The topological polar surface area (TPSA) is 64.3 Å². The zero-order valence-electron chi connectivity index (χ0n) is 11.0. The summed E-state index contributed by atoms with van der Waals surface area (Å²) >= 11 is 1.56. The summed E-state index contributed by atoms with van der Waals surface area (Å²) in [5.41, 5.74) is 0.696. The van der Waals surface area contributed by atoms with Gasteiger partial charge in [0.25, 0.3) is 0 Å². The van der Waals surface area contributed by atoms with Crippen LogP contribution in [-0.2, 0) is 6.61 Å². The highest BCUT2D eigenvalue weighted by Gasteiger charge is 2.18. The summed E-state index contributed by atoms with van der Waals surface area (Å²) in [6.07, 6.45) is 1.59. The summed E-state index contributed by atoms with van der Waals surface area (Å²) in [6, 6.07) is 13.2. The van der Waals surface area contributed by atoms with Gasteiger partial charge in [0, 0.05) is 4.88 Å². The second-order valence-corrected chi connectivity index (χ2v) is 5.33. The van der Waals surface area contributed by atoms with Crippen LogP contribution >= 0.6 is 11.3 Å². The number of thiophene rings is 1. The van der Waals surface area contributed by atoms with E-state index in [1.807, 2.05) is 47.8 Å². The Morgan fingerprint density at radius 2 is 2.05 bits per heavy atom. The Labute approximate surface area is 125 Å². The number of ether oxygens (including phenoxy) is 1. The van der Waals surface area contributed by atoms with Crippen LogP contribution in [0.5, 0.6) is 5.75 Å². The molecule has 3 rings (SSSR count). The fourth-order valence-corrected chi connectivity index (χ4v) is 2.48. The van der Waals surface area contributed by atoms with Gasteiger partial charge < -0.3 is 9.84 Å². The van der Waals surface area contributed by atoms with E-state index in [9.17, 15) is 9.90 Å². The monoisotopic (exact) mass is 300 g/mol. The van der Waals surface area contributed by atoms with Crippen LogP contribution < -0.4 is 4.74 Å². The largest absolute Gasteiger partial charge is 0.484 e. The second-order valence-electron chi connectivity index (χ2n) is 4.30. The molecule has 0 fully saturated rings. The van der Waals surface area contributed by atoms with Crippen LogP contribution in [0.2, 0.25) is 0 Å². The first kappa shape index (κ1) is 13.4. The number of carboxylic acid groups (broad SMARTS) is 1. The Bertz CT molecular complexity index is 736. The molecule has 2 heterocycles. The molecular weight excluding hydrogens is 288 g/mol. The maximum Gasteiger partial charge on any atom is 0.360 e. The maximum atomic E-state index is 11.3. The normalized spacial score (nSPS) is 10.5. The Kier molecular flexibility index (Phi) is 3.70. The molecule has 106 valence electrons. The number of aromatic nitrogens is 2. The SMILES string of the molecule is O=C(O)c1nn(-c2ccccc2)cc1OCc1cccs1. The lowest BCUT2D eigenvalue weighted by molar-refractivity contribution is 0.0685. The van der Waals surface area contributed by atoms with Crippen LogP contribution in [0.4, 0.5) is 0 Å². The highest BCUT2D eigenvalue weighted by Crippen LogP contribution is 2.22. The van der Waals surface area contributed by atoms with Gasteiger partial charge >= 0.3 is 5.97 Å². The molecular formula is C15H12N2O3S. The molecule has 0 saturated heterocycles. The number of para-hydroxylation sites is 1. The minimum Gasteiger partial charge on any atom is -0.484 e. The van der Waals surface area contributed by atoms with Crippen molar-refractivity contribution in [2.45, 2.75) is 6.61 Å². The average molecular weight is 300 g/mol. The average Bonchev–Trinajstić information content (AvgIpc) is 3.15. The molecule has 0 spiro atoms. The van der Waals surface area contributed by atoms with Gasteiger partial charge in [-0.1, -0.05) is 24.3 Å². The lowest BCUT2D eigenvalue weighted by Crippen LogP contribution is -2.03. The number of hydrogen-bond donors (Lipinski definition) is 1. The first-order chi connectivity index (χ1) is 10.2. The molecule has 1 aromatic carbocycles. The third kappa shape index (κ3) is 2.95. The third-order valence-electron chi connectivity index (χ3n) is 2.85. The van der Waals surface area contributed by atoms with Crippen molar-refractivity contribution < 1.29 is 14.6 Å². The van der Waals surface area contributed by atoms with Crippen molar-refractivity contribution in [3.8, 4) is 11.4 Å². The lowest BCUT2D eigenvalue weighted by Gasteiger charge is -2.01. The van der Waals surface area contributed by atoms with Crippen molar-refractivity contribution in [2.75, 3.05) is 0 Å². The minimum atomic E-state index is -1.11. The fraction of sp³-hybridized carbons (Fsp3) is 0.0667. The van der Waals surface area contributed by atoms with E-state index in [0.717, 1.165) is 10.6 Å². The van der Waals surface area contributed by atoms with Gasteiger partial charge in [0.1, 0.15) is 6.61 Å². The van der Waals surface area contributed by atoms with Crippen molar-refractivity contribution in [1.29, 1.82) is 0 Å². The van der Waals surface area contributed by atoms with E-state index in [4.69, 9.17) is 4.74 Å². The summed E-state index contributed by atoms with van der Waals surface area (Å²) in [5.74, 6) is -0.842. The molecule has 0 aliphatic rings. The summed E-state index contributed by atoms with van der Waals surface area (Å²) in [5, 5.41) is 15.3. The Morgan fingerprint density at radius 1 is 1.24 bits per heavy atom. The van der Waals surface area contributed by atoms with Crippen molar-refractivity contribution in [1.82, 2.24) is 9.78 Å². The van der Waals surface area contributed by atoms with E-state index in [2.05, 4.69) is 5.10 Å². The van der Waals surface area contributed by atoms with Gasteiger partial charge in [0.15, 0.2) is 5.75 Å². The van der Waals surface area contributed by atoms with Crippen LogP contribution in [0.1, 0.15) is 15.4 Å². The first-order valence-corrected chi connectivity index (χ1v) is 7.15. The van der Waals surface area contributed by atoms with Gasteiger partial charge in [-0.2, -0.15) is 5.10 Å². The molecule has 0 atom stereocenters. The molecule has 3 aromatic rings. The molecule has 0 bridgehead atoms.